The zero-order chi connectivity index (χ0) is 11.6. The molecule has 1 heterocycles. The first-order valence-electron chi connectivity index (χ1n) is 4.96. The Morgan fingerprint density at radius 1 is 1.31 bits per heavy atom. The Labute approximate surface area is 94.4 Å². The first-order chi connectivity index (χ1) is 7.56. The van der Waals surface area contributed by atoms with E-state index < -0.39 is 10.1 Å². The molecule has 0 saturated carbocycles. The van der Waals surface area contributed by atoms with Gasteiger partial charge in [-0.3, -0.25) is 4.18 Å². The topological polar surface area (TPSA) is 59.2 Å². The third kappa shape index (κ3) is 2.62. The molecule has 4 nitrogen and oxygen atoms in total. The number of fused-ring (bicyclic) bond motifs is 1. The van der Waals surface area contributed by atoms with Crippen molar-refractivity contribution in [1.29, 1.82) is 0 Å². The molecule has 0 aliphatic heterocycles. The molecule has 16 heavy (non-hydrogen) atoms. The van der Waals surface area contributed by atoms with E-state index in [4.69, 9.17) is 4.18 Å². The molecule has 1 aromatic carbocycles. The van der Waals surface area contributed by atoms with Gasteiger partial charge in [0.25, 0.3) is 10.1 Å². The summed E-state index contributed by atoms with van der Waals surface area (Å²) in [7, 11) is -3.34. The van der Waals surface area contributed by atoms with Crippen molar-refractivity contribution < 1.29 is 12.6 Å². The van der Waals surface area contributed by atoms with Gasteiger partial charge >= 0.3 is 0 Å². The number of para-hydroxylation sites is 1. The van der Waals surface area contributed by atoms with Gasteiger partial charge in [-0.15, -0.1) is 0 Å². The van der Waals surface area contributed by atoms with Gasteiger partial charge in [-0.2, -0.15) is 8.42 Å². The van der Waals surface area contributed by atoms with E-state index >= 15 is 0 Å². The van der Waals surface area contributed by atoms with Crippen LogP contribution in [0.5, 0.6) is 0 Å². The molecule has 1 N–H and O–H groups in total. The van der Waals surface area contributed by atoms with E-state index in [1.165, 1.54) is 0 Å². The first-order valence-corrected chi connectivity index (χ1v) is 6.77. The minimum atomic E-state index is -3.34. The summed E-state index contributed by atoms with van der Waals surface area (Å²) in [5, 5.41) is 1.12. The van der Waals surface area contributed by atoms with Crippen LogP contribution in [0.15, 0.2) is 30.5 Å². The number of nitrogens with one attached hydrogen (secondary N) is 1. The minimum absolute atomic E-state index is 0.178. The molecule has 2 rings (SSSR count). The molecular weight excluding hydrogens is 226 g/mol. The molecule has 0 bridgehead atoms. The Bertz CT molecular complexity index is 586. The fourth-order valence-corrected chi connectivity index (χ4v) is 2.05. The molecule has 0 amide bonds. The zero-order valence-corrected chi connectivity index (χ0v) is 9.75. The number of hydrogen-bond donors (Lipinski definition) is 1. The molecule has 0 saturated heterocycles. The Kier molecular flexibility index (Phi) is 2.98. The van der Waals surface area contributed by atoms with Crippen molar-refractivity contribution in [2.24, 2.45) is 0 Å². The average molecular weight is 239 g/mol. The van der Waals surface area contributed by atoms with E-state index in [0.29, 0.717) is 6.42 Å². The van der Waals surface area contributed by atoms with Gasteiger partial charge < -0.3 is 4.98 Å². The second-order valence-corrected chi connectivity index (χ2v) is 5.28. The molecule has 0 radical (unpaired) electrons. The molecule has 0 aliphatic carbocycles. The van der Waals surface area contributed by atoms with Crippen LogP contribution >= 0.6 is 0 Å². The summed E-state index contributed by atoms with van der Waals surface area (Å²) in [4.78, 5) is 3.13. The van der Waals surface area contributed by atoms with Crippen LogP contribution in [0.2, 0.25) is 0 Å². The summed E-state index contributed by atoms with van der Waals surface area (Å²) >= 11 is 0. The maximum atomic E-state index is 10.8. The molecule has 0 aliphatic rings. The van der Waals surface area contributed by atoms with Crippen molar-refractivity contribution in [2.45, 2.75) is 6.42 Å². The summed E-state index contributed by atoms with van der Waals surface area (Å²) in [5.74, 6) is 0. The highest BCUT2D eigenvalue weighted by Crippen LogP contribution is 2.17. The van der Waals surface area contributed by atoms with Crippen molar-refractivity contribution in [2.75, 3.05) is 12.9 Å². The fourth-order valence-electron chi connectivity index (χ4n) is 1.66. The van der Waals surface area contributed by atoms with Crippen LogP contribution in [0.4, 0.5) is 0 Å². The highest BCUT2D eigenvalue weighted by atomic mass is 32.2. The number of hydrogen-bond acceptors (Lipinski definition) is 3. The molecule has 2 aromatic rings. The lowest BCUT2D eigenvalue weighted by atomic mass is 10.1. The van der Waals surface area contributed by atoms with Gasteiger partial charge in [0.05, 0.1) is 12.9 Å². The predicted octanol–water partition coefficient (Wildman–Crippen LogP) is 1.69. The highest BCUT2D eigenvalue weighted by Gasteiger charge is 2.04. The van der Waals surface area contributed by atoms with Crippen LogP contribution in [0.1, 0.15) is 5.56 Å². The Balaban J connectivity index is 2.12. The van der Waals surface area contributed by atoms with Crippen LogP contribution in [-0.2, 0) is 20.7 Å². The summed E-state index contributed by atoms with van der Waals surface area (Å²) in [6, 6.07) is 7.90. The largest absolute Gasteiger partial charge is 0.361 e. The van der Waals surface area contributed by atoms with E-state index in [1.807, 2.05) is 30.5 Å². The van der Waals surface area contributed by atoms with E-state index in [9.17, 15) is 8.42 Å². The van der Waals surface area contributed by atoms with Crippen LogP contribution < -0.4 is 0 Å². The van der Waals surface area contributed by atoms with Crippen molar-refractivity contribution >= 4 is 21.0 Å². The standard InChI is InChI=1S/C11H13NO3S/c1-16(13,14)15-8-6-10-4-2-3-9-5-7-12-11(9)10/h2-5,7,12H,6,8H2,1H3. The maximum Gasteiger partial charge on any atom is 0.264 e. The Morgan fingerprint density at radius 3 is 2.88 bits per heavy atom. The van der Waals surface area contributed by atoms with Crippen molar-refractivity contribution in [3.63, 3.8) is 0 Å². The number of benzene rings is 1. The van der Waals surface area contributed by atoms with Gasteiger partial charge in [-0.05, 0) is 23.4 Å². The normalized spacial score (nSPS) is 12.1. The molecule has 1 aromatic heterocycles. The Morgan fingerprint density at radius 2 is 2.12 bits per heavy atom. The number of rotatable bonds is 4. The molecule has 5 heteroatoms. The summed E-state index contributed by atoms with van der Waals surface area (Å²) in [5.41, 5.74) is 2.10. The maximum absolute atomic E-state index is 10.8. The lowest BCUT2D eigenvalue weighted by Gasteiger charge is -2.03. The average Bonchev–Trinajstić information content (AvgIpc) is 2.64. The molecular formula is C11H13NO3S. The summed E-state index contributed by atoms with van der Waals surface area (Å²) in [6.07, 6.45) is 3.50. The van der Waals surface area contributed by atoms with E-state index in [1.54, 1.807) is 0 Å². The fraction of sp³-hybridized carbons (Fsp3) is 0.273. The highest BCUT2D eigenvalue weighted by molar-refractivity contribution is 7.85. The second-order valence-electron chi connectivity index (χ2n) is 3.64. The van der Waals surface area contributed by atoms with Gasteiger partial charge in [0.2, 0.25) is 0 Å². The lowest BCUT2D eigenvalue weighted by molar-refractivity contribution is 0.326. The van der Waals surface area contributed by atoms with Gasteiger partial charge in [0.1, 0.15) is 0 Å². The SMILES string of the molecule is CS(=O)(=O)OCCc1cccc2cc[nH]c12. The van der Waals surface area contributed by atoms with Crippen LogP contribution in [-0.4, -0.2) is 26.3 Å². The van der Waals surface area contributed by atoms with E-state index in [-0.39, 0.29) is 6.61 Å². The summed E-state index contributed by atoms with van der Waals surface area (Å²) in [6.45, 7) is 0.178. The van der Waals surface area contributed by atoms with Gasteiger partial charge in [-0.25, -0.2) is 0 Å². The molecule has 86 valence electrons. The first kappa shape index (κ1) is 11.2. The molecule has 0 atom stereocenters. The number of aromatic amines is 1. The monoisotopic (exact) mass is 239 g/mol. The number of aromatic nitrogens is 1. The van der Waals surface area contributed by atoms with E-state index in [2.05, 4.69) is 4.98 Å². The number of H-pyrrole nitrogens is 1. The van der Waals surface area contributed by atoms with Gasteiger partial charge in [-0.1, -0.05) is 18.2 Å². The van der Waals surface area contributed by atoms with Crippen molar-refractivity contribution in [3.8, 4) is 0 Å². The smallest absolute Gasteiger partial charge is 0.264 e. The van der Waals surface area contributed by atoms with Gasteiger partial charge in [0.15, 0.2) is 0 Å². The van der Waals surface area contributed by atoms with E-state index in [0.717, 1.165) is 22.7 Å². The second kappa shape index (κ2) is 4.27. The van der Waals surface area contributed by atoms with Crippen LogP contribution in [0.3, 0.4) is 0 Å². The third-order valence-corrected chi connectivity index (χ3v) is 2.94. The Hall–Kier alpha value is -1.33. The van der Waals surface area contributed by atoms with Crippen molar-refractivity contribution in [1.82, 2.24) is 4.98 Å². The molecule has 0 unspecified atom stereocenters. The van der Waals surface area contributed by atoms with Crippen molar-refractivity contribution in [3.05, 3.63) is 36.0 Å². The lowest BCUT2D eigenvalue weighted by Crippen LogP contribution is -2.06. The predicted molar refractivity (Wildman–Crippen MR) is 62.8 cm³/mol. The third-order valence-electron chi connectivity index (χ3n) is 2.34. The molecule has 0 fully saturated rings. The van der Waals surface area contributed by atoms with Gasteiger partial charge in [0, 0.05) is 11.7 Å². The minimum Gasteiger partial charge on any atom is -0.361 e. The van der Waals surface area contributed by atoms with Crippen LogP contribution in [0, 0.1) is 0 Å². The zero-order valence-electron chi connectivity index (χ0n) is 8.93. The quantitative estimate of drug-likeness (QED) is 0.826. The molecule has 0 spiro atoms. The van der Waals surface area contributed by atoms with Crippen LogP contribution in [0.25, 0.3) is 10.9 Å². The summed E-state index contributed by atoms with van der Waals surface area (Å²) < 4.78 is 26.3.